The molecule has 0 bridgehead atoms. The van der Waals surface area contributed by atoms with Gasteiger partial charge in [-0.2, -0.15) is 0 Å². The molecular weight excluding hydrogens is 347 g/mol. The standard InChI is InChI=1S/C24H17BO3/c26-25(27)19-14-17(16-7-2-1-3-8-16)13-18(15-19)20-10-6-12-23-24(20)21-9-4-5-11-22(21)28-23/h1-15,26-27H. The summed E-state index contributed by atoms with van der Waals surface area (Å²) >= 11 is 0. The maximum absolute atomic E-state index is 9.85. The van der Waals surface area contributed by atoms with E-state index in [1.54, 1.807) is 0 Å². The molecule has 0 saturated carbocycles. The summed E-state index contributed by atoms with van der Waals surface area (Å²) < 4.78 is 6.01. The number of hydrogen-bond donors (Lipinski definition) is 2. The predicted octanol–water partition coefficient (Wildman–Crippen LogP) is 4.60. The van der Waals surface area contributed by atoms with E-state index >= 15 is 0 Å². The molecule has 0 aliphatic heterocycles. The molecule has 0 aliphatic carbocycles. The third-order valence-electron chi connectivity index (χ3n) is 5.07. The minimum Gasteiger partial charge on any atom is -0.456 e. The first-order chi connectivity index (χ1) is 13.7. The lowest BCUT2D eigenvalue weighted by Gasteiger charge is -2.11. The number of hydrogen-bond acceptors (Lipinski definition) is 3. The normalized spacial score (nSPS) is 11.2. The summed E-state index contributed by atoms with van der Waals surface area (Å²) in [6, 6.07) is 29.6. The third kappa shape index (κ3) is 2.80. The van der Waals surface area contributed by atoms with Crippen LogP contribution in [0.5, 0.6) is 0 Å². The van der Waals surface area contributed by atoms with Crippen molar-refractivity contribution in [3.8, 4) is 22.3 Å². The second-order valence-electron chi connectivity index (χ2n) is 6.86. The average molecular weight is 364 g/mol. The zero-order chi connectivity index (χ0) is 19.1. The van der Waals surface area contributed by atoms with Gasteiger partial charge in [0.05, 0.1) is 0 Å². The number of fused-ring (bicyclic) bond motifs is 3. The Labute approximate surface area is 162 Å². The first-order valence-electron chi connectivity index (χ1n) is 9.18. The van der Waals surface area contributed by atoms with Gasteiger partial charge in [-0.1, -0.05) is 72.8 Å². The smallest absolute Gasteiger partial charge is 0.456 e. The van der Waals surface area contributed by atoms with E-state index in [4.69, 9.17) is 4.42 Å². The van der Waals surface area contributed by atoms with E-state index in [-0.39, 0.29) is 0 Å². The van der Waals surface area contributed by atoms with Crippen molar-refractivity contribution in [3.05, 3.63) is 91.0 Å². The molecule has 0 amide bonds. The highest BCUT2D eigenvalue weighted by Crippen LogP contribution is 2.37. The van der Waals surface area contributed by atoms with Crippen LogP contribution in [-0.2, 0) is 0 Å². The molecule has 0 aliphatic rings. The Kier molecular flexibility index (Phi) is 4.01. The van der Waals surface area contributed by atoms with Gasteiger partial charge >= 0.3 is 7.12 Å². The monoisotopic (exact) mass is 364 g/mol. The van der Waals surface area contributed by atoms with E-state index in [1.807, 2.05) is 84.9 Å². The van der Waals surface area contributed by atoms with Crippen molar-refractivity contribution in [2.75, 3.05) is 0 Å². The molecule has 5 aromatic rings. The van der Waals surface area contributed by atoms with Gasteiger partial charge in [-0.25, -0.2) is 0 Å². The number of benzene rings is 4. The topological polar surface area (TPSA) is 53.6 Å². The minimum absolute atomic E-state index is 0.459. The van der Waals surface area contributed by atoms with E-state index in [1.165, 1.54) is 0 Å². The second kappa shape index (κ2) is 6.68. The Morgan fingerprint density at radius 1 is 0.607 bits per heavy atom. The molecule has 1 heterocycles. The van der Waals surface area contributed by atoms with Gasteiger partial charge in [-0.3, -0.25) is 0 Å². The van der Waals surface area contributed by atoms with Gasteiger partial charge < -0.3 is 14.5 Å². The fraction of sp³-hybridized carbons (Fsp3) is 0. The van der Waals surface area contributed by atoms with Crippen LogP contribution in [0, 0.1) is 0 Å². The summed E-state index contributed by atoms with van der Waals surface area (Å²) in [4.78, 5) is 0. The second-order valence-corrected chi connectivity index (χ2v) is 6.86. The van der Waals surface area contributed by atoms with Gasteiger partial charge in [-0.15, -0.1) is 0 Å². The molecule has 0 atom stereocenters. The van der Waals surface area contributed by atoms with Crippen LogP contribution in [0.1, 0.15) is 0 Å². The van der Waals surface area contributed by atoms with Crippen LogP contribution in [0.4, 0.5) is 0 Å². The van der Waals surface area contributed by atoms with Crippen LogP contribution in [-0.4, -0.2) is 17.2 Å². The van der Waals surface area contributed by atoms with Crippen molar-refractivity contribution in [2.24, 2.45) is 0 Å². The third-order valence-corrected chi connectivity index (χ3v) is 5.07. The molecule has 1 aromatic heterocycles. The van der Waals surface area contributed by atoms with Crippen molar-refractivity contribution in [2.45, 2.75) is 0 Å². The highest BCUT2D eigenvalue weighted by atomic mass is 16.4. The van der Waals surface area contributed by atoms with Crippen molar-refractivity contribution >= 4 is 34.5 Å². The Morgan fingerprint density at radius 3 is 2.14 bits per heavy atom. The SMILES string of the molecule is OB(O)c1cc(-c2ccccc2)cc(-c2cccc3oc4ccccc4c23)c1. The Bertz CT molecular complexity index is 1290. The Hall–Kier alpha value is -3.34. The largest absolute Gasteiger partial charge is 0.488 e. The highest BCUT2D eigenvalue weighted by molar-refractivity contribution is 6.58. The molecule has 134 valence electrons. The summed E-state index contributed by atoms with van der Waals surface area (Å²) in [6.45, 7) is 0. The van der Waals surface area contributed by atoms with E-state index in [2.05, 4.69) is 6.07 Å². The van der Waals surface area contributed by atoms with Gasteiger partial charge in [0.15, 0.2) is 0 Å². The molecule has 2 N–H and O–H groups in total. The summed E-state index contributed by atoms with van der Waals surface area (Å²) in [7, 11) is -1.54. The highest BCUT2D eigenvalue weighted by Gasteiger charge is 2.17. The van der Waals surface area contributed by atoms with E-state index in [9.17, 15) is 10.0 Å². The lowest BCUT2D eigenvalue weighted by molar-refractivity contribution is 0.426. The average Bonchev–Trinajstić information content (AvgIpc) is 3.13. The molecule has 28 heavy (non-hydrogen) atoms. The fourth-order valence-electron chi connectivity index (χ4n) is 3.77. The Balaban J connectivity index is 1.81. The number of para-hydroxylation sites is 1. The molecule has 0 radical (unpaired) electrons. The first kappa shape index (κ1) is 16.8. The molecule has 4 heteroatoms. The predicted molar refractivity (Wildman–Crippen MR) is 114 cm³/mol. The van der Waals surface area contributed by atoms with Gasteiger partial charge in [0, 0.05) is 10.8 Å². The maximum atomic E-state index is 9.85. The summed E-state index contributed by atoms with van der Waals surface area (Å²) in [5.74, 6) is 0. The van der Waals surface area contributed by atoms with Crippen molar-refractivity contribution in [1.82, 2.24) is 0 Å². The molecule has 0 spiro atoms. The lowest BCUT2D eigenvalue weighted by Crippen LogP contribution is -2.29. The van der Waals surface area contributed by atoms with Gasteiger partial charge in [0.2, 0.25) is 0 Å². The van der Waals surface area contributed by atoms with Crippen LogP contribution < -0.4 is 5.46 Å². The van der Waals surface area contributed by atoms with E-state index in [0.717, 1.165) is 44.2 Å². The fourth-order valence-corrected chi connectivity index (χ4v) is 3.77. The maximum Gasteiger partial charge on any atom is 0.488 e. The summed E-state index contributed by atoms with van der Waals surface area (Å²) in [5.41, 5.74) is 5.99. The number of rotatable bonds is 3. The van der Waals surface area contributed by atoms with Crippen LogP contribution in [0.3, 0.4) is 0 Å². The molecule has 5 rings (SSSR count). The van der Waals surface area contributed by atoms with E-state index < -0.39 is 7.12 Å². The van der Waals surface area contributed by atoms with E-state index in [0.29, 0.717) is 5.46 Å². The molecule has 3 nitrogen and oxygen atoms in total. The molecule has 0 fully saturated rings. The van der Waals surface area contributed by atoms with Gasteiger partial charge in [0.1, 0.15) is 11.2 Å². The first-order valence-corrected chi connectivity index (χ1v) is 9.18. The van der Waals surface area contributed by atoms with Crippen molar-refractivity contribution in [1.29, 1.82) is 0 Å². The van der Waals surface area contributed by atoms with Gasteiger partial charge in [0.25, 0.3) is 0 Å². The minimum atomic E-state index is -1.54. The van der Waals surface area contributed by atoms with Gasteiger partial charge in [-0.05, 0) is 45.9 Å². The van der Waals surface area contributed by atoms with Crippen LogP contribution in [0.25, 0.3) is 44.2 Å². The van der Waals surface area contributed by atoms with Crippen LogP contribution in [0.2, 0.25) is 0 Å². The van der Waals surface area contributed by atoms with Crippen LogP contribution >= 0.6 is 0 Å². The molecular formula is C24H17BO3. The molecule has 4 aromatic carbocycles. The quantitative estimate of drug-likeness (QED) is 0.460. The zero-order valence-corrected chi connectivity index (χ0v) is 15.0. The van der Waals surface area contributed by atoms with Crippen molar-refractivity contribution in [3.63, 3.8) is 0 Å². The number of furan rings is 1. The Morgan fingerprint density at radius 2 is 1.32 bits per heavy atom. The lowest BCUT2D eigenvalue weighted by atomic mass is 9.77. The zero-order valence-electron chi connectivity index (χ0n) is 15.0. The summed E-state index contributed by atoms with van der Waals surface area (Å²) in [5, 5.41) is 21.8. The molecule has 0 unspecified atom stereocenters. The molecule has 0 saturated heterocycles. The van der Waals surface area contributed by atoms with Crippen LogP contribution in [0.15, 0.2) is 95.4 Å². The summed E-state index contributed by atoms with van der Waals surface area (Å²) in [6.07, 6.45) is 0. The van der Waals surface area contributed by atoms with Crippen molar-refractivity contribution < 1.29 is 14.5 Å².